The van der Waals surface area contributed by atoms with Gasteiger partial charge in [0.05, 0.1) is 5.56 Å². The minimum absolute atomic E-state index is 0.138. The number of carboxylic acid groups (broad SMARTS) is 1. The summed E-state index contributed by atoms with van der Waals surface area (Å²) < 4.78 is 36.9. The van der Waals surface area contributed by atoms with Gasteiger partial charge in [-0.25, -0.2) is 4.79 Å². The molecule has 0 atom stereocenters. The highest BCUT2D eigenvalue weighted by Gasteiger charge is 2.29. The Balaban J connectivity index is 2.97. The van der Waals surface area contributed by atoms with E-state index in [2.05, 4.69) is 5.32 Å². The number of hydrogen-bond donors (Lipinski definition) is 3. The molecular formula is C11H8F3N3O2. The molecule has 0 aliphatic heterocycles. The van der Waals surface area contributed by atoms with E-state index in [0.717, 1.165) is 24.3 Å². The smallest absolute Gasteiger partial charge is 0.416 e. The Morgan fingerprint density at radius 1 is 1.32 bits per heavy atom. The van der Waals surface area contributed by atoms with E-state index in [0.29, 0.717) is 0 Å². The molecule has 0 saturated carbocycles. The molecule has 19 heavy (non-hydrogen) atoms. The zero-order valence-electron chi connectivity index (χ0n) is 9.32. The van der Waals surface area contributed by atoms with Crippen molar-refractivity contribution in [2.24, 2.45) is 5.73 Å². The van der Waals surface area contributed by atoms with Gasteiger partial charge in [-0.05, 0) is 24.3 Å². The van der Waals surface area contributed by atoms with Crippen LogP contribution in [0.3, 0.4) is 0 Å². The molecule has 0 aromatic heterocycles. The number of rotatable bonds is 3. The summed E-state index contributed by atoms with van der Waals surface area (Å²) in [5, 5.41) is 19.5. The van der Waals surface area contributed by atoms with Crippen molar-refractivity contribution in [2.75, 3.05) is 5.32 Å². The van der Waals surface area contributed by atoms with Crippen LogP contribution in [-0.2, 0) is 11.0 Å². The number of alkyl halides is 3. The van der Waals surface area contributed by atoms with Crippen LogP contribution in [0.15, 0.2) is 35.7 Å². The Bertz CT molecular complexity index is 556. The largest absolute Gasteiger partial charge is 0.477 e. The normalized spacial score (nSPS) is 12.3. The number of carbonyl (C=O) groups is 1. The average Bonchev–Trinajstić information content (AvgIpc) is 2.28. The van der Waals surface area contributed by atoms with Crippen molar-refractivity contribution < 1.29 is 23.1 Å². The van der Waals surface area contributed by atoms with Crippen LogP contribution in [0, 0.1) is 11.3 Å². The van der Waals surface area contributed by atoms with Gasteiger partial charge >= 0.3 is 12.1 Å². The minimum Gasteiger partial charge on any atom is -0.477 e. The minimum atomic E-state index is -4.46. The second kappa shape index (κ2) is 5.30. The maximum Gasteiger partial charge on any atom is 0.416 e. The standard InChI is InChI=1S/C11H8F3N3O2/c12-11(13,14)6-1-3-7(4-2-6)17-9(16)8(5-15)10(18)19/h1-4,17H,16H2,(H,18,19). The van der Waals surface area contributed by atoms with Crippen LogP contribution in [0.2, 0.25) is 0 Å². The highest BCUT2D eigenvalue weighted by atomic mass is 19.4. The van der Waals surface area contributed by atoms with Crippen LogP contribution in [0.4, 0.5) is 18.9 Å². The number of benzene rings is 1. The zero-order valence-corrected chi connectivity index (χ0v) is 9.32. The molecule has 0 radical (unpaired) electrons. The Labute approximate surface area is 105 Å². The van der Waals surface area contributed by atoms with Gasteiger partial charge in [0, 0.05) is 5.69 Å². The molecule has 0 aliphatic rings. The van der Waals surface area contributed by atoms with Crippen LogP contribution < -0.4 is 11.1 Å². The fraction of sp³-hybridized carbons (Fsp3) is 0.0909. The number of nitriles is 1. The van der Waals surface area contributed by atoms with Crippen LogP contribution in [0.1, 0.15) is 5.56 Å². The van der Waals surface area contributed by atoms with Crippen molar-refractivity contribution in [3.63, 3.8) is 0 Å². The lowest BCUT2D eigenvalue weighted by atomic mass is 10.2. The topological polar surface area (TPSA) is 99.1 Å². The van der Waals surface area contributed by atoms with Crippen molar-refractivity contribution >= 4 is 11.7 Å². The summed E-state index contributed by atoms with van der Waals surface area (Å²) in [6, 6.07) is 5.14. The number of nitrogens with zero attached hydrogens (tertiary/aromatic N) is 1. The van der Waals surface area contributed by atoms with Gasteiger partial charge < -0.3 is 16.2 Å². The summed E-state index contributed by atoms with van der Waals surface area (Å²) in [5.41, 5.74) is 3.90. The SMILES string of the molecule is N#CC(C(=O)O)=C(N)Nc1ccc(C(F)(F)F)cc1. The first-order valence-electron chi connectivity index (χ1n) is 4.83. The summed E-state index contributed by atoms with van der Waals surface area (Å²) in [6.07, 6.45) is -4.46. The first kappa shape index (κ1) is 14.4. The third-order valence-corrected chi connectivity index (χ3v) is 2.09. The Morgan fingerprint density at radius 2 is 1.84 bits per heavy atom. The molecule has 1 rings (SSSR count). The molecule has 0 bridgehead atoms. The number of anilines is 1. The molecule has 1 aromatic carbocycles. The van der Waals surface area contributed by atoms with Gasteiger partial charge in [0.2, 0.25) is 0 Å². The second-order valence-corrected chi connectivity index (χ2v) is 3.41. The fourth-order valence-electron chi connectivity index (χ4n) is 1.18. The highest BCUT2D eigenvalue weighted by Crippen LogP contribution is 2.29. The van der Waals surface area contributed by atoms with E-state index in [1.54, 1.807) is 0 Å². The molecule has 0 spiro atoms. The summed E-state index contributed by atoms with van der Waals surface area (Å²) in [4.78, 5) is 10.6. The molecule has 5 nitrogen and oxygen atoms in total. The highest BCUT2D eigenvalue weighted by molar-refractivity contribution is 5.92. The molecule has 0 aliphatic carbocycles. The van der Waals surface area contributed by atoms with E-state index in [1.165, 1.54) is 6.07 Å². The lowest BCUT2D eigenvalue weighted by molar-refractivity contribution is -0.137. The van der Waals surface area contributed by atoms with E-state index in [4.69, 9.17) is 16.1 Å². The molecule has 100 valence electrons. The van der Waals surface area contributed by atoms with Crippen molar-refractivity contribution in [2.45, 2.75) is 6.18 Å². The van der Waals surface area contributed by atoms with Crippen molar-refractivity contribution in [1.29, 1.82) is 5.26 Å². The van der Waals surface area contributed by atoms with Crippen LogP contribution in [0.25, 0.3) is 0 Å². The number of carboxylic acids is 1. The molecule has 0 unspecified atom stereocenters. The van der Waals surface area contributed by atoms with E-state index in [9.17, 15) is 18.0 Å². The molecule has 0 heterocycles. The summed E-state index contributed by atoms with van der Waals surface area (Å²) in [5.74, 6) is -1.98. The van der Waals surface area contributed by atoms with Crippen LogP contribution in [0.5, 0.6) is 0 Å². The van der Waals surface area contributed by atoms with Crippen molar-refractivity contribution in [3.8, 4) is 6.07 Å². The third-order valence-electron chi connectivity index (χ3n) is 2.09. The first-order chi connectivity index (χ1) is 8.75. The van der Waals surface area contributed by atoms with Gasteiger partial charge in [-0.2, -0.15) is 18.4 Å². The fourth-order valence-corrected chi connectivity index (χ4v) is 1.18. The second-order valence-electron chi connectivity index (χ2n) is 3.41. The molecule has 0 saturated heterocycles. The summed E-state index contributed by atoms with van der Waals surface area (Å²) in [6.45, 7) is 0. The molecule has 0 amide bonds. The Hall–Kier alpha value is -2.69. The lowest BCUT2D eigenvalue weighted by Crippen LogP contribution is -2.16. The maximum atomic E-state index is 12.3. The zero-order chi connectivity index (χ0) is 14.6. The van der Waals surface area contributed by atoms with E-state index in [-0.39, 0.29) is 5.69 Å². The van der Waals surface area contributed by atoms with Crippen molar-refractivity contribution in [1.82, 2.24) is 0 Å². The first-order valence-corrected chi connectivity index (χ1v) is 4.83. The van der Waals surface area contributed by atoms with E-state index in [1.807, 2.05) is 0 Å². The number of nitrogens with two attached hydrogens (primary N) is 1. The quantitative estimate of drug-likeness (QED) is 0.576. The number of aliphatic carboxylic acids is 1. The number of halogens is 3. The molecule has 0 fully saturated rings. The van der Waals surface area contributed by atoms with E-state index < -0.39 is 29.1 Å². The van der Waals surface area contributed by atoms with Gasteiger partial charge in [-0.1, -0.05) is 0 Å². The van der Waals surface area contributed by atoms with Gasteiger partial charge in [0.25, 0.3) is 0 Å². The number of nitrogens with one attached hydrogen (secondary N) is 1. The third kappa shape index (κ3) is 3.64. The molecule has 8 heteroatoms. The predicted octanol–water partition coefficient (Wildman–Crippen LogP) is 1.90. The van der Waals surface area contributed by atoms with Crippen LogP contribution in [-0.4, -0.2) is 11.1 Å². The Kier molecular flexibility index (Phi) is 4.01. The van der Waals surface area contributed by atoms with Crippen molar-refractivity contribution in [3.05, 3.63) is 41.2 Å². The molecule has 4 N–H and O–H groups in total. The summed E-state index contributed by atoms with van der Waals surface area (Å²) >= 11 is 0. The van der Waals surface area contributed by atoms with Gasteiger partial charge in [-0.3, -0.25) is 0 Å². The molecular weight excluding hydrogens is 263 g/mol. The monoisotopic (exact) mass is 271 g/mol. The van der Waals surface area contributed by atoms with Crippen LogP contribution >= 0.6 is 0 Å². The average molecular weight is 271 g/mol. The molecule has 1 aromatic rings. The predicted molar refractivity (Wildman–Crippen MR) is 59.5 cm³/mol. The van der Waals surface area contributed by atoms with Gasteiger partial charge in [0.15, 0.2) is 5.57 Å². The van der Waals surface area contributed by atoms with Gasteiger partial charge in [0.1, 0.15) is 11.9 Å². The van der Waals surface area contributed by atoms with Gasteiger partial charge in [-0.15, -0.1) is 0 Å². The lowest BCUT2D eigenvalue weighted by Gasteiger charge is -2.09. The Morgan fingerprint density at radius 3 is 2.21 bits per heavy atom. The number of hydrogen-bond acceptors (Lipinski definition) is 4. The summed E-state index contributed by atoms with van der Waals surface area (Å²) in [7, 11) is 0. The maximum absolute atomic E-state index is 12.3. The van der Waals surface area contributed by atoms with E-state index >= 15 is 0 Å².